The first kappa shape index (κ1) is 20.5. The molecule has 0 spiro atoms. The maximum atomic E-state index is 12.8. The minimum Gasteiger partial charge on any atom is -0.385 e. The molecule has 0 saturated carbocycles. The van der Waals surface area contributed by atoms with E-state index in [0.717, 1.165) is 37.2 Å². The summed E-state index contributed by atoms with van der Waals surface area (Å²) in [6.45, 7) is 1.58. The number of amides is 2. The van der Waals surface area contributed by atoms with Crippen LogP contribution in [0, 0.1) is 0 Å². The second-order valence-electron chi connectivity index (χ2n) is 7.87. The van der Waals surface area contributed by atoms with Crippen LogP contribution in [0.5, 0.6) is 0 Å². The van der Waals surface area contributed by atoms with E-state index in [9.17, 15) is 9.59 Å². The minimum atomic E-state index is -0.256. The largest absolute Gasteiger partial charge is 0.385 e. The fourth-order valence-corrected chi connectivity index (χ4v) is 4.35. The van der Waals surface area contributed by atoms with Crippen molar-refractivity contribution in [2.75, 3.05) is 30.3 Å². The van der Waals surface area contributed by atoms with Crippen molar-refractivity contribution in [3.05, 3.63) is 64.3 Å². The third-order valence-corrected chi connectivity index (χ3v) is 5.95. The summed E-state index contributed by atoms with van der Waals surface area (Å²) in [6, 6.07) is 12.9. The molecular weight excluding hydrogens is 430 g/mol. The van der Waals surface area contributed by atoms with Crippen LogP contribution in [0.15, 0.2) is 53.3 Å². The summed E-state index contributed by atoms with van der Waals surface area (Å²) in [7, 11) is 0. The number of fused-ring (bicyclic) bond motifs is 2. The van der Waals surface area contributed by atoms with E-state index in [1.807, 2.05) is 24.3 Å². The normalized spacial score (nSPS) is 21.0. The Morgan fingerprint density at radius 2 is 1.88 bits per heavy atom. The molecule has 1 saturated heterocycles. The number of anilines is 2. The molecule has 164 valence electrons. The Balaban J connectivity index is 1.43. The highest BCUT2D eigenvalue weighted by atomic mass is 35.5. The molecule has 2 amide bonds. The third-order valence-electron chi connectivity index (χ3n) is 5.71. The van der Waals surface area contributed by atoms with Crippen molar-refractivity contribution in [3.63, 3.8) is 0 Å². The van der Waals surface area contributed by atoms with Gasteiger partial charge in [0.05, 0.1) is 11.3 Å². The lowest BCUT2D eigenvalue weighted by molar-refractivity contribution is -0.126. The van der Waals surface area contributed by atoms with Gasteiger partial charge >= 0.3 is 0 Å². The third kappa shape index (κ3) is 3.94. The zero-order valence-corrected chi connectivity index (χ0v) is 18.0. The fraction of sp³-hybridized carbons (Fsp3) is 0.261. The van der Waals surface area contributed by atoms with Crippen LogP contribution in [0.3, 0.4) is 0 Å². The van der Waals surface area contributed by atoms with Crippen molar-refractivity contribution in [3.8, 4) is 0 Å². The number of piperidine rings is 1. The summed E-state index contributed by atoms with van der Waals surface area (Å²) < 4.78 is 0. The Morgan fingerprint density at radius 1 is 1.09 bits per heavy atom. The molecule has 9 heteroatoms. The van der Waals surface area contributed by atoms with Gasteiger partial charge in [0.2, 0.25) is 0 Å². The number of allylic oxidation sites excluding steroid dienone is 1. The molecule has 5 rings (SSSR count). The predicted molar refractivity (Wildman–Crippen MR) is 124 cm³/mol. The molecule has 2 aromatic carbocycles. The van der Waals surface area contributed by atoms with Crippen LogP contribution in [-0.2, 0) is 14.4 Å². The number of carbonyl (C=O) groups is 2. The number of halogens is 1. The molecule has 4 N–H and O–H groups in total. The highest BCUT2D eigenvalue weighted by Crippen LogP contribution is 2.40. The molecule has 0 radical (unpaired) electrons. The number of carbonyl (C=O) groups excluding carboxylic acids is 2. The van der Waals surface area contributed by atoms with Crippen LogP contribution < -0.4 is 21.3 Å². The van der Waals surface area contributed by atoms with Gasteiger partial charge in [0.25, 0.3) is 11.8 Å². The number of para-hydroxylation sites is 1. The number of hydrogen-bond donors (Lipinski definition) is 4. The first-order chi connectivity index (χ1) is 15.6. The van der Waals surface area contributed by atoms with Gasteiger partial charge in [-0.2, -0.15) is 0 Å². The van der Waals surface area contributed by atoms with Crippen molar-refractivity contribution in [2.24, 2.45) is 5.16 Å². The monoisotopic (exact) mass is 451 g/mol. The smallest absolute Gasteiger partial charge is 0.260 e. The molecule has 0 unspecified atom stereocenters. The van der Waals surface area contributed by atoms with E-state index in [1.54, 1.807) is 18.2 Å². The highest BCUT2D eigenvalue weighted by Gasteiger charge is 2.34. The van der Waals surface area contributed by atoms with Gasteiger partial charge in [0.15, 0.2) is 6.61 Å². The van der Waals surface area contributed by atoms with E-state index in [1.165, 1.54) is 0 Å². The van der Waals surface area contributed by atoms with Crippen LogP contribution in [0.4, 0.5) is 11.4 Å². The van der Waals surface area contributed by atoms with Crippen LogP contribution >= 0.6 is 11.6 Å². The first-order valence-electron chi connectivity index (χ1n) is 10.5. The average Bonchev–Trinajstić information content (AvgIpc) is 3.30. The summed E-state index contributed by atoms with van der Waals surface area (Å²) in [5, 5.41) is 17.2. The van der Waals surface area contributed by atoms with Crippen molar-refractivity contribution in [1.29, 1.82) is 0 Å². The lowest BCUT2D eigenvalue weighted by Crippen LogP contribution is -2.43. The quantitative estimate of drug-likeness (QED) is 0.422. The maximum absolute atomic E-state index is 12.8. The Bertz CT molecular complexity index is 1150. The zero-order valence-electron chi connectivity index (χ0n) is 17.2. The number of hydrogen-bond acceptors (Lipinski definition) is 6. The van der Waals surface area contributed by atoms with Gasteiger partial charge in [-0.25, -0.2) is 0 Å². The molecule has 8 nitrogen and oxygen atoms in total. The number of nitrogens with one attached hydrogen (secondary N) is 4. The first-order valence-corrected chi connectivity index (χ1v) is 10.9. The molecule has 0 atom stereocenters. The fourth-order valence-electron chi connectivity index (χ4n) is 4.18. The molecule has 2 aromatic rings. The lowest BCUT2D eigenvalue weighted by atomic mass is 10.0. The van der Waals surface area contributed by atoms with Crippen molar-refractivity contribution in [2.45, 2.75) is 18.9 Å². The summed E-state index contributed by atoms with van der Waals surface area (Å²) in [5.41, 5.74) is 4.38. The van der Waals surface area contributed by atoms with E-state index in [0.29, 0.717) is 33.3 Å². The van der Waals surface area contributed by atoms with Crippen molar-refractivity contribution >= 4 is 46.1 Å². The van der Waals surface area contributed by atoms with E-state index >= 15 is 0 Å². The molecule has 3 aliphatic rings. The summed E-state index contributed by atoms with van der Waals surface area (Å²) in [4.78, 5) is 30.5. The number of nitrogens with zero attached hydrogens (tertiary/aromatic N) is 1. The zero-order chi connectivity index (χ0) is 22.1. The van der Waals surface area contributed by atoms with Gasteiger partial charge in [-0.3, -0.25) is 9.59 Å². The number of benzene rings is 2. The van der Waals surface area contributed by atoms with Gasteiger partial charge in [0.1, 0.15) is 5.71 Å². The van der Waals surface area contributed by atoms with E-state index in [4.69, 9.17) is 16.4 Å². The minimum absolute atomic E-state index is 0.148. The Labute approximate surface area is 190 Å². The molecule has 3 aliphatic heterocycles. The SMILES string of the molecule is O=C(CO/N=C1/C(=C2/C(=O)Nc3ccc(Cl)cc32)Nc2ccccc21)NC1CCNCC1. The molecule has 3 heterocycles. The van der Waals surface area contributed by atoms with Gasteiger partial charge in [-0.15, -0.1) is 0 Å². The van der Waals surface area contributed by atoms with Crippen LogP contribution in [0.1, 0.15) is 24.0 Å². The molecule has 1 fully saturated rings. The Kier molecular flexibility index (Phi) is 5.55. The van der Waals surface area contributed by atoms with Gasteiger partial charge < -0.3 is 26.1 Å². The second-order valence-corrected chi connectivity index (χ2v) is 8.31. The van der Waals surface area contributed by atoms with Gasteiger partial charge in [0, 0.05) is 33.6 Å². The average molecular weight is 452 g/mol. The van der Waals surface area contributed by atoms with Crippen LogP contribution in [0.25, 0.3) is 5.57 Å². The lowest BCUT2D eigenvalue weighted by Gasteiger charge is -2.23. The van der Waals surface area contributed by atoms with Crippen molar-refractivity contribution in [1.82, 2.24) is 10.6 Å². The Morgan fingerprint density at radius 3 is 2.72 bits per heavy atom. The van der Waals surface area contributed by atoms with Gasteiger partial charge in [-0.1, -0.05) is 35.0 Å². The van der Waals surface area contributed by atoms with E-state index in [2.05, 4.69) is 26.4 Å². The molecule has 32 heavy (non-hydrogen) atoms. The topological polar surface area (TPSA) is 104 Å². The summed E-state index contributed by atoms with van der Waals surface area (Å²) in [6.07, 6.45) is 1.79. The highest BCUT2D eigenvalue weighted by molar-refractivity contribution is 6.40. The van der Waals surface area contributed by atoms with Crippen LogP contribution in [0.2, 0.25) is 5.02 Å². The summed E-state index contributed by atoms with van der Waals surface area (Å²) >= 11 is 6.18. The number of rotatable bonds is 4. The second kappa shape index (κ2) is 8.64. The van der Waals surface area contributed by atoms with Gasteiger partial charge in [-0.05, 0) is 50.2 Å². The Hall–Kier alpha value is -3.36. The standard InChI is InChI=1S/C23H22ClN5O3/c24-13-5-6-18-16(11-13)20(23(31)28-18)22-21(15-3-1-2-4-17(15)27-22)29-32-12-19(30)26-14-7-9-25-10-8-14/h1-6,11,14,25,27H,7-10,12H2,(H,26,30)(H,28,31)/b22-20-,29-21+. The molecule has 0 aliphatic carbocycles. The summed E-state index contributed by atoms with van der Waals surface area (Å²) in [5.74, 6) is -0.473. The van der Waals surface area contributed by atoms with Crippen LogP contribution in [-0.4, -0.2) is 43.3 Å². The van der Waals surface area contributed by atoms with E-state index in [-0.39, 0.29) is 24.5 Å². The molecule has 0 bridgehead atoms. The number of oxime groups is 1. The molecular formula is C23H22ClN5O3. The molecule has 0 aromatic heterocycles. The van der Waals surface area contributed by atoms with Crippen molar-refractivity contribution < 1.29 is 14.4 Å². The van der Waals surface area contributed by atoms with E-state index < -0.39 is 0 Å². The maximum Gasteiger partial charge on any atom is 0.260 e. The predicted octanol–water partition coefficient (Wildman–Crippen LogP) is 2.72.